The van der Waals surface area contributed by atoms with Gasteiger partial charge in [0.05, 0.1) is 19.8 Å². The minimum Gasteiger partial charge on any atom is -0.383 e. The zero-order chi connectivity index (χ0) is 27.2. The average molecular weight is 567 g/mol. The van der Waals surface area contributed by atoms with Crippen LogP contribution in [-0.2, 0) is 45.2 Å². The molecule has 1 saturated heterocycles. The second-order valence-electron chi connectivity index (χ2n) is 8.30. The molecule has 1 aromatic heterocycles. The first kappa shape index (κ1) is 28.3. The maximum absolute atomic E-state index is 12.7. The summed E-state index contributed by atoms with van der Waals surface area (Å²) in [5.74, 6) is 0.00267. The molecule has 1 aliphatic rings. The van der Waals surface area contributed by atoms with Crippen molar-refractivity contribution in [1.29, 1.82) is 0 Å². The molecule has 204 valence electrons. The number of phosphoric ester groups is 2. The molecule has 5 atom stereocenters. The smallest absolute Gasteiger partial charge is 0.383 e. The van der Waals surface area contributed by atoms with Gasteiger partial charge in [0.25, 0.3) is 0 Å². The van der Waals surface area contributed by atoms with E-state index >= 15 is 0 Å². The van der Waals surface area contributed by atoms with Crippen molar-refractivity contribution < 1.29 is 41.7 Å². The summed E-state index contributed by atoms with van der Waals surface area (Å²) in [6, 6.07) is 18.8. The van der Waals surface area contributed by atoms with E-state index in [9.17, 15) is 23.7 Å². The molecule has 3 aromatic rings. The van der Waals surface area contributed by atoms with Gasteiger partial charge in [-0.05, 0) is 17.2 Å². The van der Waals surface area contributed by atoms with Crippen LogP contribution in [0, 0.1) is 0 Å². The number of benzene rings is 2. The molecule has 15 heteroatoms. The molecule has 38 heavy (non-hydrogen) atoms. The highest BCUT2D eigenvalue weighted by Gasteiger charge is 2.43. The molecule has 2 aromatic carbocycles. The Morgan fingerprint density at radius 1 is 0.921 bits per heavy atom. The minimum atomic E-state index is -4.62. The summed E-state index contributed by atoms with van der Waals surface area (Å²) in [6.07, 6.45) is -2.05. The maximum Gasteiger partial charge on any atom is 0.472 e. The lowest BCUT2D eigenvalue weighted by atomic mass is 10.2. The molecule has 4 N–H and O–H groups in total. The Kier molecular flexibility index (Phi) is 9.27. The first-order valence-corrected chi connectivity index (χ1v) is 14.4. The lowest BCUT2D eigenvalue weighted by molar-refractivity contribution is -0.0472. The lowest BCUT2D eigenvalue weighted by Crippen LogP contribution is -2.29. The van der Waals surface area contributed by atoms with E-state index < -0.39 is 46.4 Å². The van der Waals surface area contributed by atoms with E-state index in [0.717, 1.165) is 4.57 Å². The highest BCUT2D eigenvalue weighted by molar-refractivity contribution is 7.47. The summed E-state index contributed by atoms with van der Waals surface area (Å²) in [5, 5.41) is 0. The molecule has 0 amide bonds. The fourth-order valence-corrected chi connectivity index (χ4v) is 5.30. The van der Waals surface area contributed by atoms with E-state index in [1.165, 1.54) is 12.3 Å². The van der Waals surface area contributed by atoms with Crippen molar-refractivity contribution in [2.24, 2.45) is 0 Å². The zero-order valence-corrected chi connectivity index (χ0v) is 21.8. The number of anilines is 1. The van der Waals surface area contributed by atoms with Crippen molar-refractivity contribution in [3.63, 3.8) is 0 Å². The number of hydrogen-bond acceptors (Lipinski definition) is 10. The second kappa shape index (κ2) is 12.4. The van der Waals surface area contributed by atoms with Crippen molar-refractivity contribution in [3.05, 3.63) is 94.5 Å². The van der Waals surface area contributed by atoms with Gasteiger partial charge in [-0.1, -0.05) is 60.7 Å². The van der Waals surface area contributed by atoms with Crippen LogP contribution < -0.4 is 11.4 Å². The van der Waals surface area contributed by atoms with Crippen LogP contribution in [0.15, 0.2) is 77.7 Å². The van der Waals surface area contributed by atoms with E-state index in [0.29, 0.717) is 11.1 Å². The number of ether oxygens (including phenoxy) is 1. The van der Waals surface area contributed by atoms with Crippen molar-refractivity contribution in [3.8, 4) is 0 Å². The Morgan fingerprint density at radius 2 is 1.50 bits per heavy atom. The van der Waals surface area contributed by atoms with Gasteiger partial charge >= 0.3 is 21.3 Å². The third-order valence-electron chi connectivity index (χ3n) is 5.49. The van der Waals surface area contributed by atoms with Crippen LogP contribution in [0.2, 0.25) is 0 Å². The molecule has 1 fully saturated rings. The number of phosphoric acid groups is 2. The third-order valence-corrected chi connectivity index (χ3v) is 7.41. The summed E-state index contributed by atoms with van der Waals surface area (Å²) in [5.41, 5.74) is 6.11. The molecular formula is C23H27N3O10P2. The molecular weight excluding hydrogens is 540 g/mol. The summed E-state index contributed by atoms with van der Waals surface area (Å²) in [4.78, 5) is 36.4. The second-order valence-corrected chi connectivity index (χ2v) is 11.2. The Hall–Kier alpha value is -2.70. The van der Waals surface area contributed by atoms with Crippen molar-refractivity contribution in [2.75, 3.05) is 12.3 Å². The maximum atomic E-state index is 12.7. The molecule has 0 spiro atoms. The molecule has 0 bridgehead atoms. The quantitative estimate of drug-likeness (QED) is 0.272. The molecule has 2 unspecified atom stereocenters. The average Bonchev–Trinajstić information content (AvgIpc) is 3.28. The van der Waals surface area contributed by atoms with Crippen LogP contribution in [0.1, 0.15) is 23.8 Å². The number of nitrogens with two attached hydrogens (primary N) is 1. The number of nitrogens with zero attached hydrogens (tertiary/aromatic N) is 2. The Bertz CT molecular complexity index is 1360. The minimum absolute atomic E-state index is 0.00267. The van der Waals surface area contributed by atoms with Gasteiger partial charge in [0.1, 0.15) is 24.3 Å². The number of rotatable bonds is 12. The van der Waals surface area contributed by atoms with Gasteiger partial charge in [-0.25, -0.2) is 13.9 Å². The van der Waals surface area contributed by atoms with E-state index in [1.54, 1.807) is 60.7 Å². The molecule has 1 aliphatic heterocycles. The molecule has 2 heterocycles. The van der Waals surface area contributed by atoms with Crippen molar-refractivity contribution in [1.82, 2.24) is 9.55 Å². The highest BCUT2D eigenvalue weighted by atomic mass is 31.2. The standard InChI is InChI=1S/C23H27N3O10P2/c24-21-11-12-26(23(27)25-21)22-13-19(36-38(30,31)33-15-18-9-5-2-6-10-18)20(35-22)16-34-37(28,29)32-14-17-7-3-1-4-8-17/h1-12,19-20,22H,13-16H2,(H,28,29)(H,30,31)(H2,24,25,27)/t19-,20+,22+/m0/s1. The number of nitrogen functional groups attached to an aromatic ring is 1. The molecule has 0 saturated carbocycles. The molecule has 0 aliphatic carbocycles. The molecule has 0 radical (unpaired) electrons. The Labute approximate surface area is 218 Å². The zero-order valence-electron chi connectivity index (χ0n) is 20.0. The van der Waals surface area contributed by atoms with Gasteiger partial charge in [0, 0.05) is 12.6 Å². The fraction of sp³-hybridized carbons (Fsp3) is 0.304. The fourth-order valence-electron chi connectivity index (χ4n) is 3.64. The van der Waals surface area contributed by atoms with Crippen LogP contribution in [0.5, 0.6) is 0 Å². The summed E-state index contributed by atoms with van der Waals surface area (Å²) >= 11 is 0. The summed E-state index contributed by atoms with van der Waals surface area (Å²) < 4.78 is 52.6. The van der Waals surface area contributed by atoms with Gasteiger partial charge in [0.2, 0.25) is 0 Å². The predicted molar refractivity (Wildman–Crippen MR) is 134 cm³/mol. The van der Waals surface area contributed by atoms with E-state index in [-0.39, 0.29) is 25.5 Å². The van der Waals surface area contributed by atoms with Crippen LogP contribution >= 0.6 is 15.6 Å². The van der Waals surface area contributed by atoms with Crippen molar-refractivity contribution in [2.45, 2.75) is 38.1 Å². The highest BCUT2D eigenvalue weighted by Crippen LogP contribution is 2.50. The Balaban J connectivity index is 1.44. The molecule has 13 nitrogen and oxygen atoms in total. The number of hydrogen-bond donors (Lipinski definition) is 3. The topological polar surface area (TPSA) is 182 Å². The largest absolute Gasteiger partial charge is 0.472 e. The normalized spacial score (nSPS) is 22.5. The Morgan fingerprint density at radius 3 is 2.08 bits per heavy atom. The van der Waals surface area contributed by atoms with Crippen LogP contribution in [0.4, 0.5) is 5.82 Å². The van der Waals surface area contributed by atoms with Gasteiger partial charge < -0.3 is 20.3 Å². The summed E-state index contributed by atoms with van der Waals surface area (Å²) in [6.45, 7) is -0.943. The van der Waals surface area contributed by atoms with Gasteiger partial charge in [-0.15, -0.1) is 0 Å². The van der Waals surface area contributed by atoms with E-state index in [1.807, 2.05) is 0 Å². The summed E-state index contributed by atoms with van der Waals surface area (Å²) in [7, 11) is -9.17. The first-order chi connectivity index (χ1) is 18.1. The van der Waals surface area contributed by atoms with Crippen LogP contribution in [-0.4, -0.2) is 38.2 Å². The lowest BCUT2D eigenvalue weighted by Gasteiger charge is -2.22. The van der Waals surface area contributed by atoms with Gasteiger partial charge in [0.15, 0.2) is 0 Å². The van der Waals surface area contributed by atoms with E-state index in [4.69, 9.17) is 28.6 Å². The van der Waals surface area contributed by atoms with Crippen LogP contribution in [0.25, 0.3) is 0 Å². The van der Waals surface area contributed by atoms with Gasteiger partial charge in [-0.3, -0.25) is 22.7 Å². The first-order valence-electron chi connectivity index (χ1n) is 11.5. The van der Waals surface area contributed by atoms with Gasteiger partial charge in [-0.2, -0.15) is 4.98 Å². The number of aromatic nitrogens is 2. The molecule has 4 rings (SSSR count). The van der Waals surface area contributed by atoms with Crippen molar-refractivity contribution >= 4 is 21.5 Å². The predicted octanol–water partition coefficient (Wildman–Crippen LogP) is 3.15. The van der Waals surface area contributed by atoms with E-state index in [2.05, 4.69) is 4.98 Å². The monoisotopic (exact) mass is 567 g/mol. The van der Waals surface area contributed by atoms with Crippen LogP contribution in [0.3, 0.4) is 0 Å². The third kappa shape index (κ3) is 8.15. The SMILES string of the molecule is Nc1ccn([C@H]2C[C@H](OP(=O)(O)OCc3ccccc3)[C@@H](COP(=O)(O)OCc3ccccc3)O2)c(=O)n1.